The first-order chi connectivity index (χ1) is 9.08. The van der Waals surface area contributed by atoms with Gasteiger partial charge in [0, 0.05) is 22.2 Å². The molecule has 0 unspecified atom stereocenters. The number of urea groups is 1. The lowest BCUT2D eigenvalue weighted by atomic mass is 10.2. The van der Waals surface area contributed by atoms with Gasteiger partial charge in [0.1, 0.15) is 0 Å². The maximum atomic E-state index is 11.8. The van der Waals surface area contributed by atoms with E-state index in [1.807, 2.05) is 12.1 Å². The molecular weight excluding hydrogens is 361 g/mol. The molecule has 1 aromatic carbocycles. The number of hydrogen-bond donors (Lipinski definition) is 2. The van der Waals surface area contributed by atoms with Gasteiger partial charge in [-0.05, 0) is 46.9 Å². The van der Waals surface area contributed by atoms with Crippen LogP contribution in [-0.4, -0.2) is 42.4 Å². The fourth-order valence-electron chi connectivity index (χ4n) is 1.67. The van der Waals surface area contributed by atoms with Crippen molar-refractivity contribution in [2.75, 3.05) is 19.6 Å². The highest BCUT2D eigenvalue weighted by Crippen LogP contribution is 2.06. The molecular formula is C12H12IN3O3. The Morgan fingerprint density at radius 2 is 2.00 bits per heavy atom. The number of hydrogen-bond acceptors (Lipinski definition) is 3. The first kappa shape index (κ1) is 13.8. The van der Waals surface area contributed by atoms with E-state index in [4.69, 9.17) is 0 Å². The lowest BCUT2D eigenvalue weighted by molar-refractivity contribution is -0.124. The quantitative estimate of drug-likeness (QED) is 0.599. The topological polar surface area (TPSA) is 78.5 Å². The van der Waals surface area contributed by atoms with Crippen LogP contribution in [0, 0.1) is 3.57 Å². The molecule has 1 aromatic rings. The molecule has 0 spiro atoms. The van der Waals surface area contributed by atoms with E-state index >= 15 is 0 Å². The molecule has 1 heterocycles. The molecule has 2 rings (SSSR count). The van der Waals surface area contributed by atoms with Crippen molar-refractivity contribution in [1.82, 2.24) is 15.5 Å². The van der Waals surface area contributed by atoms with Gasteiger partial charge in [0.25, 0.3) is 5.91 Å². The van der Waals surface area contributed by atoms with E-state index in [2.05, 4.69) is 33.2 Å². The number of halogens is 1. The lowest BCUT2D eigenvalue weighted by Gasteiger charge is -2.12. The van der Waals surface area contributed by atoms with Gasteiger partial charge in [0.15, 0.2) is 0 Å². The van der Waals surface area contributed by atoms with Crippen LogP contribution in [0.25, 0.3) is 0 Å². The average Bonchev–Trinajstić information content (AvgIpc) is 2.71. The van der Waals surface area contributed by atoms with Crippen molar-refractivity contribution in [2.24, 2.45) is 0 Å². The molecule has 6 nitrogen and oxygen atoms in total. The number of amides is 4. The fraction of sp³-hybridized carbons (Fsp3) is 0.250. The van der Waals surface area contributed by atoms with Gasteiger partial charge in [0.05, 0.1) is 6.54 Å². The predicted octanol–water partition coefficient (Wildman–Crippen LogP) is 0.573. The molecule has 0 bridgehead atoms. The minimum absolute atomic E-state index is 0.0316. The third-order valence-electron chi connectivity index (χ3n) is 2.66. The zero-order valence-corrected chi connectivity index (χ0v) is 12.1. The molecule has 1 fully saturated rings. The second kappa shape index (κ2) is 6.00. The molecule has 0 atom stereocenters. The molecule has 7 heteroatoms. The maximum Gasteiger partial charge on any atom is 0.324 e. The van der Waals surface area contributed by atoms with Crippen LogP contribution in [-0.2, 0) is 4.79 Å². The Bertz CT molecular complexity index is 499. The van der Waals surface area contributed by atoms with E-state index in [9.17, 15) is 14.4 Å². The summed E-state index contributed by atoms with van der Waals surface area (Å²) in [6.45, 7) is 0.453. The van der Waals surface area contributed by atoms with E-state index in [1.54, 1.807) is 12.1 Å². The maximum absolute atomic E-state index is 11.8. The van der Waals surface area contributed by atoms with Crippen LogP contribution < -0.4 is 10.6 Å². The van der Waals surface area contributed by atoms with Crippen molar-refractivity contribution in [1.29, 1.82) is 0 Å². The Balaban J connectivity index is 1.82. The van der Waals surface area contributed by atoms with Crippen LogP contribution in [0.4, 0.5) is 4.79 Å². The van der Waals surface area contributed by atoms with Crippen molar-refractivity contribution < 1.29 is 14.4 Å². The van der Waals surface area contributed by atoms with Crippen molar-refractivity contribution in [3.05, 3.63) is 33.4 Å². The number of nitrogens with zero attached hydrogens (tertiary/aromatic N) is 1. The molecule has 0 aliphatic carbocycles. The van der Waals surface area contributed by atoms with Crippen LogP contribution in [0.1, 0.15) is 10.4 Å². The normalized spacial score (nSPS) is 14.5. The van der Waals surface area contributed by atoms with Gasteiger partial charge in [-0.25, -0.2) is 4.79 Å². The minimum atomic E-state index is -0.409. The number of benzene rings is 1. The van der Waals surface area contributed by atoms with Crippen LogP contribution in [0.3, 0.4) is 0 Å². The highest BCUT2D eigenvalue weighted by atomic mass is 127. The van der Waals surface area contributed by atoms with Gasteiger partial charge in [-0.2, -0.15) is 0 Å². The van der Waals surface area contributed by atoms with Crippen LogP contribution in [0.5, 0.6) is 0 Å². The van der Waals surface area contributed by atoms with Gasteiger partial charge < -0.3 is 10.6 Å². The van der Waals surface area contributed by atoms with Gasteiger partial charge in [-0.3, -0.25) is 14.5 Å². The van der Waals surface area contributed by atoms with E-state index in [-0.39, 0.29) is 31.4 Å². The smallest absolute Gasteiger partial charge is 0.324 e. The summed E-state index contributed by atoms with van der Waals surface area (Å²) in [6, 6.07) is 6.73. The number of rotatable bonds is 4. The standard InChI is InChI=1S/C12H12IN3O3/c13-9-3-1-8(2-4-9)11(18)14-5-6-16-10(17)7-15-12(16)19/h1-4H,5-7H2,(H,14,18)(H,15,19). The number of carbonyl (C=O) groups excluding carboxylic acids is 3. The summed E-state index contributed by atoms with van der Waals surface area (Å²) in [5.41, 5.74) is 0.553. The van der Waals surface area contributed by atoms with Crippen molar-refractivity contribution in [2.45, 2.75) is 0 Å². The van der Waals surface area contributed by atoms with Crippen molar-refractivity contribution >= 4 is 40.4 Å². The Morgan fingerprint density at radius 1 is 1.32 bits per heavy atom. The summed E-state index contributed by atoms with van der Waals surface area (Å²) in [5, 5.41) is 5.09. The summed E-state index contributed by atoms with van der Waals surface area (Å²) in [5.74, 6) is -0.489. The molecule has 0 aromatic heterocycles. The van der Waals surface area contributed by atoms with Gasteiger partial charge in [-0.1, -0.05) is 0 Å². The summed E-state index contributed by atoms with van der Waals surface area (Å²) < 4.78 is 1.05. The van der Waals surface area contributed by atoms with Crippen molar-refractivity contribution in [3.63, 3.8) is 0 Å². The summed E-state index contributed by atoms with van der Waals surface area (Å²) in [4.78, 5) is 35.4. The lowest BCUT2D eigenvalue weighted by Crippen LogP contribution is -2.38. The molecule has 1 saturated heterocycles. The zero-order chi connectivity index (χ0) is 13.8. The highest BCUT2D eigenvalue weighted by molar-refractivity contribution is 14.1. The van der Waals surface area contributed by atoms with Gasteiger partial charge in [0.2, 0.25) is 5.91 Å². The number of imide groups is 1. The summed E-state index contributed by atoms with van der Waals surface area (Å²) >= 11 is 2.16. The third kappa shape index (κ3) is 3.43. The molecule has 1 aliphatic heterocycles. The van der Waals surface area contributed by atoms with E-state index in [0.717, 1.165) is 8.47 Å². The molecule has 100 valence electrons. The molecule has 4 amide bonds. The zero-order valence-electron chi connectivity index (χ0n) is 9.98. The summed E-state index contributed by atoms with van der Waals surface area (Å²) in [6.07, 6.45) is 0. The second-order valence-electron chi connectivity index (χ2n) is 3.97. The highest BCUT2D eigenvalue weighted by Gasteiger charge is 2.27. The Labute approximate surface area is 123 Å². The first-order valence-electron chi connectivity index (χ1n) is 5.70. The van der Waals surface area contributed by atoms with E-state index in [0.29, 0.717) is 5.56 Å². The Hall–Kier alpha value is -1.64. The molecule has 0 radical (unpaired) electrons. The second-order valence-corrected chi connectivity index (χ2v) is 5.21. The largest absolute Gasteiger partial charge is 0.350 e. The average molecular weight is 373 g/mol. The van der Waals surface area contributed by atoms with Crippen LogP contribution in [0.15, 0.2) is 24.3 Å². The fourth-order valence-corrected chi connectivity index (χ4v) is 2.03. The Morgan fingerprint density at radius 3 is 2.58 bits per heavy atom. The monoisotopic (exact) mass is 373 g/mol. The molecule has 19 heavy (non-hydrogen) atoms. The minimum Gasteiger partial charge on any atom is -0.350 e. The molecule has 1 aliphatic rings. The van der Waals surface area contributed by atoms with Crippen molar-refractivity contribution in [3.8, 4) is 0 Å². The third-order valence-corrected chi connectivity index (χ3v) is 3.38. The van der Waals surface area contributed by atoms with E-state index in [1.165, 1.54) is 0 Å². The molecule has 2 N–H and O–H groups in total. The van der Waals surface area contributed by atoms with Gasteiger partial charge in [-0.15, -0.1) is 0 Å². The number of nitrogens with one attached hydrogen (secondary N) is 2. The Kier molecular flexibility index (Phi) is 4.35. The first-order valence-corrected chi connectivity index (χ1v) is 6.78. The molecule has 0 saturated carbocycles. The SMILES string of the molecule is O=C(NCCN1C(=O)CNC1=O)c1ccc(I)cc1. The predicted molar refractivity (Wildman–Crippen MR) is 76.6 cm³/mol. The van der Waals surface area contributed by atoms with E-state index < -0.39 is 6.03 Å². The summed E-state index contributed by atoms with van der Waals surface area (Å²) in [7, 11) is 0. The van der Waals surface area contributed by atoms with Crippen LogP contribution in [0.2, 0.25) is 0 Å². The number of carbonyl (C=O) groups is 3. The van der Waals surface area contributed by atoms with Gasteiger partial charge >= 0.3 is 6.03 Å². The van der Waals surface area contributed by atoms with Crippen LogP contribution >= 0.6 is 22.6 Å².